The molecule has 0 spiro atoms. The molecule has 0 atom stereocenters. The van der Waals surface area contributed by atoms with Crippen LogP contribution < -0.4 is 15.7 Å². The van der Waals surface area contributed by atoms with Crippen molar-refractivity contribution < 1.29 is 4.57 Å². The molecule has 0 aliphatic rings. The third-order valence-corrected chi connectivity index (χ3v) is 2.61. The van der Waals surface area contributed by atoms with Crippen LogP contribution in [0.5, 0.6) is 0 Å². The van der Waals surface area contributed by atoms with Gasteiger partial charge in [0.1, 0.15) is 5.71 Å². The Morgan fingerprint density at radius 3 is 2.37 bits per heavy atom. The minimum atomic E-state index is 0.159. The molecule has 0 saturated heterocycles. The van der Waals surface area contributed by atoms with Crippen molar-refractivity contribution in [3.05, 3.63) is 66.5 Å². The predicted molar refractivity (Wildman–Crippen MR) is 79.5 cm³/mol. The van der Waals surface area contributed by atoms with E-state index in [2.05, 4.69) is 10.5 Å². The number of hydrogen-bond donors (Lipinski definition) is 2. The number of nitrogens with two attached hydrogens (primary N) is 1. The summed E-state index contributed by atoms with van der Waals surface area (Å²) < 4.78 is 2.03. The zero-order valence-corrected chi connectivity index (χ0v) is 11.2. The second kappa shape index (κ2) is 6.61. The van der Waals surface area contributed by atoms with Crippen molar-refractivity contribution in [2.24, 2.45) is 10.8 Å². The van der Waals surface area contributed by atoms with E-state index < -0.39 is 0 Å². The molecule has 0 fully saturated rings. The van der Waals surface area contributed by atoms with Crippen LogP contribution in [0.4, 0.5) is 0 Å². The van der Waals surface area contributed by atoms with Gasteiger partial charge in [-0.2, -0.15) is 9.67 Å². The van der Waals surface area contributed by atoms with E-state index in [0.29, 0.717) is 6.54 Å². The molecule has 2 aromatic rings. The lowest BCUT2D eigenvalue weighted by Crippen LogP contribution is -2.38. The van der Waals surface area contributed by atoms with Crippen LogP contribution >= 0.6 is 12.2 Å². The molecular formula is C14H15N4S+. The summed E-state index contributed by atoms with van der Waals surface area (Å²) in [5.74, 6) is 0. The summed E-state index contributed by atoms with van der Waals surface area (Å²) in [5.41, 5.74) is 9.96. The third kappa shape index (κ3) is 4.15. The van der Waals surface area contributed by atoms with Gasteiger partial charge in [-0.3, -0.25) is 5.43 Å². The van der Waals surface area contributed by atoms with Crippen LogP contribution in [0.25, 0.3) is 0 Å². The molecule has 1 aromatic heterocycles. The quantitative estimate of drug-likeness (QED) is 0.380. The van der Waals surface area contributed by atoms with E-state index in [4.69, 9.17) is 18.0 Å². The number of aromatic nitrogens is 1. The molecule has 96 valence electrons. The zero-order chi connectivity index (χ0) is 13.5. The summed E-state index contributed by atoms with van der Waals surface area (Å²) in [6.45, 7) is 0.639. The van der Waals surface area contributed by atoms with Crippen LogP contribution in [-0.4, -0.2) is 10.8 Å². The van der Waals surface area contributed by atoms with Crippen molar-refractivity contribution in [3.8, 4) is 0 Å². The van der Waals surface area contributed by atoms with Gasteiger partial charge in [0, 0.05) is 17.7 Å². The fourth-order valence-corrected chi connectivity index (χ4v) is 1.70. The molecule has 5 heteroatoms. The second-order valence-corrected chi connectivity index (χ2v) is 4.39. The van der Waals surface area contributed by atoms with E-state index >= 15 is 0 Å². The minimum Gasteiger partial charge on any atom is -0.375 e. The smallest absolute Gasteiger partial charge is 0.192 e. The van der Waals surface area contributed by atoms with Gasteiger partial charge in [-0.05, 0) is 12.2 Å². The number of thiocarbonyl (C=S) groups is 1. The minimum absolute atomic E-state index is 0.159. The van der Waals surface area contributed by atoms with Crippen molar-refractivity contribution >= 4 is 23.0 Å². The van der Waals surface area contributed by atoms with Crippen LogP contribution in [0.2, 0.25) is 0 Å². The number of rotatable bonds is 4. The molecule has 0 radical (unpaired) electrons. The van der Waals surface area contributed by atoms with Gasteiger partial charge in [0.15, 0.2) is 24.1 Å². The molecule has 0 aliphatic heterocycles. The van der Waals surface area contributed by atoms with Crippen LogP contribution in [0, 0.1) is 0 Å². The predicted octanol–water partition coefficient (Wildman–Crippen LogP) is 1.21. The summed E-state index contributed by atoms with van der Waals surface area (Å²) in [7, 11) is 0. The SMILES string of the molecule is NC(=S)NN=C(C[n+]1ccccc1)c1ccccc1. The molecular weight excluding hydrogens is 256 g/mol. The van der Waals surface area contributed by atoms with Gasteiger partial charge in [0.2, 0.25) is 0 Å². The van der Waals surface area contributed by atoms with Gasteiger partial charge in [0.05, 0.1) is 0 Å². The number of nitrogens with one attached hydrogen (secondary N) is 1. The van der Waals surface area contributed by atoms with Crippen molar-refractivity contribution in [2.45, 2.75) is 6.54 Å². The Bertz CT molecular complexity index is 567. The Labute approximate surface area is 117 Å². The van der Waals surface area contributed by atoms with Gasteiger partial charge >= 0.3 is 0 Å². The van der Waals surface area contributed by atoms with Gasteiger partial charge in [-0.1, -0.05) is 36.4 Å². The Morgan fingerprint density at radius 2 is 1.74 bits per heavy atom. The number of nitrogens with zero attached hydrogens (tertiary/aromatic N) is 2. The molecule has 19 heavy (non-hydrogen) atoms. The number of benzene rings is 1. The third-order valence-electron chi connectivity index (χ3n) is 2.52. The largest absolute Gasteiger partial charge is 0.375 e. The van der Waals surface area contributed by atoms with Gasteiger partial charge < -0.3 is 5.73 Å². The number of pyridine rings is 1. The van der Waals surface area contributed by atoms with Crippen LogP contribution in [0.3, 0.4) is 0 Å². The summed E-state index contributed by atoms with van der Waals surface area (Å²) in [6.07, 6.45) is 3.97. The first-order valence-electron chi connectivity index (χ1n) is 5.87. The maximum absolute atomic E-state index is 5.42. The van der Waals surface area contributed by atoms with Gasteiger partial charge in [0.25, 0.3) is 0 Å². The van der Waals surface area contributed by atoms with Crippen molar-refractivity contribution in [3.63, 3.8) is 0 Å². The molecule has 0 amide bonds. The van der Waals surface area contributed by atoms with Crippen LogP contribution in [0.15, 0.2) is 66.0 Å². The highest BCUT2D eigenvalue weighted by atomic mass is 32.1. The normalized spacial score (nSPS) is 11.1. The summed E-state index contributed by atoms with van der Waals surface area (Å²) in [6, 6.07) is 15.9. The Kier molecular flexibility index (Phi) is 4.58. The molecule has 0 unspecified atom stereocenters. The zero-order valence-electron chi connectivity index (χ0n) is 10.4. The topological polar surface area (TPSA) is 54.3 Å². The van der Waals surface area contributed by atoms with Gasteiger partial charge in [-0.15, -0.1) is 0 Å². The molecule has 3 N–H and O–H groups in total. The van der Waals surface area contributed by atoms with Gasteiger partial charge in [-0.25, -0.2) is 0 Å². The molecule has 1 aromatic carbocycles. The summed E-state index contributed by atoms with van der Waals surface area (Å²) >= 11 is 4.78. The van der Waals surface area contributed by atoms with E-state index in [0.717, 1.165) is 11.3 Å². The van der Waals surface area contributed by atoms with Crippen LogP contribution in [-0.2, 0) is 6.54 Å². The van der Waals surface area contributed by atoms with E-state index in [1.54, 1.807) is 0 Å². The second-order valence-electron chi connectivity index (χ2n) is 3.95. The van der Waals surface area contributed by atoms with Crippen molar-refractivity contribution in [2.75, 3.05) is 0 Å². The van der Waals surface area contributed by atoms with Crippen molar-refractivity contribution in [1.29, 1.82) is 0 Å². The fourth-order valence-electron chi connectivity index (χ4n) is 1.66. The maximum Gasteiger partial charge on any atom is 0.192 e. The highest BCUT2D eigenvalue weighted by Gasteiger charge is 2.09. The van der Waals surface area contributed by atoms with E-state index in [-0.39, 0.29) is 5.11 Å². The Hall–Kier alpha value is -2.27. The highest BCUT2D eigenvalue weighted by Crippen LogP contribution is 2.01. The van der Waals surface area contributed by atoms with Crippen LogP contribution in [0.1, 0.15) is 5.56 Å². The Balaban J connectivity index is 2.25. The lowest BCUT2D eigenvalue weighted by Gasteiger charge is -2.04. The molecule has 0 saturated carbocycles. The first kappa shape index (κ1) is 13.2. The average molecular weight is 271 g/mol. The van der Waals surface area contributed by atoms with E-state index in [1.807, 2.05) is 65.5 Å². The summed E-state index contributed by atoms with van der Waals surface area (Å²) in [4.78, 5) is 0. The molecule has 1 heterocycles. The van der Waals surface area contributed by atoms with E-state index in [9.17, 15) is 0 Å². The highest BCUT2D eigenvalue weighted by molar-refractivity contribution is 7.80. The standard InChI is InChI=1S/C14H14N4S/c15-14(19)17-16-13(12-7-3-1-4-8-12)11-18-9-5-2-6-10-18/h1-10H,11H2,(H2-,15,17,19)/p+1. The molecule has 0 aliphatic carbocycles. The lowest BCUT2D eigenvalue weighted by molar-refractivity contribution is -0.681. The Morgan fingerprint density at radius 1 is 1.11 bits per heavy atom. The number of hydrazone groups is 1. The average Bonchev–Trinajstić information content (AvgIpc) is 2.45. The molecule has 4 nitrogen and oxygen atoms in total. The fraction of sp³-hybridized carbons (Fsp3) is 0.0714. The maximum atomic E-state index is 5.42. The number of hydrogen-bond acceptors (Lipinski definition) is 2. The summed E-state index contributed by atoms with van der Waals surface area (Å²) in [5, 5.41) is 4.43. The first-order chi connectivity index (χ1) is 9.25. The monoisotopic (exact) mass is 271 g/mol. The molecule has 2 rings (SSSR count). The van der Waals surface area contributed by atoms with E-state index in [1.165, 1.54) is 0 Å². The lowest BCUT2D eigenvalue weighted by atomic mass is 10.1. The van der Waals surface area contributed by atoms with Crippen molar-refractivity contribution in [1.82, 2.24) is 5.43 Å². The first-order valence-corrected chi connectivity index (χ1v) is 6.28. The molecule has 0 bridgehead atoms.